The van der Waals surface area contributed by atoms with E-state index >= 15 is 0 Å². The standard InChI is InChI=1S/C20H17N5O/c1-3-9-16(10-4-1)25-20(22-23-24-25)15-21-18-13-7-8-14-19(18)26-17-11-5-2-6-12-17/h1-14,21H,15H2. The second-order valence-corrected chi connectivity index (χ2v) is 5.61. The Balaban J connectivity index is 1.52. The predicted molar refractivity (Wildman–Crippen MR) is 99.4 cm³/mol. The summed E-state index contributed by atoms with van der Waals surface area (Å²) in [6.07, 6.45) is 0. The van der Waals surface area contributed by atoms with Crippen LogP contribution in [0.1, 0.15) is 5.82 Å². The van der Waals surface area contributed by atoms with Gasteiger partial charge < -0.3 is 10.1 Å². The van der Waals surface area contributed by atoms with Crippen molar-refractivity contribution in [2.45, 2.75) is 6.54 Å². The Morgan fingerprint density at radius 1 is 0.808 bits per heavy atom. The molecule has 0 fully saturated rings. The van der Waals surface area contributed by atoms with Gasteiger partial charge in [-0.2, -0.15) is 4.68 Å². The number of hydrogen-bond donors (Lipinski definition) is 1. The summed E-state index contributed by atoms with van der Waals surface area (Å²) in [5.41, 5.74) is 1.79. The van der Waals surface area contributed by atoms with Gasteiger partial charge in [-0.3, -0.25) is 0 Å². The van der Waals surface area contributed by atoms with Crippen LogP contribution in [-0.4, -0.2) is 20.2 Å². The minimum atomic E-state index is 0.469. The van der Waals surface area contributed by atoms with Crippen LogP contribution in [0.25, 0.3) is 5.69 Å². The fourth-order valence-electron chi connectivity index (χ4n) is 2.58. The zero-order chi connectivity index (χ0) is 17.6. The molecule has 6 heteroatoms. The highest BCUT2D eigenvalue weighted by atomic mass is 16.5. The Labute approximate surface area is 151 Å². The first-order valence-electron chi connectivity index (χ1n) is 8.28. The Kier molecular flexibility index (Phi) is 4.56. The fraction of sp³-hybridized carbons (Fsp3) is 0.0500. The number of para-hydroxylation sites is 4. The van der Waals surface area contributed by atoms with E-state index in [-0.39, 0.29) is 0 Å². The van der Waals surface area contributed by atoms with E-state index in [4.69, 9.17) is 4.74 Å². The number of rotatable bonds is 6. The van der Waals surface area contributed by atoms with Crippen LogP contribution in [0, 0.1) is 0 Å². The molecule has 6 nitrogen and oxygen atoms in total. The molecular formula is C20H17N5O. The Hall–Kier alpha value is -3.67. The third-order valence-corrected chi connectivity index (χ3v) is 3.83. The van der Waals surface area contributed by atoms with Crippen molar-refractivity contribution in [3.63, 3.8) is 0 Å². The van der Waals surface area contributed by atoms with Crippen molar-refractivity contribution in [2.24, 2.45) is 0 Å². The van der Waals surface area contributed by atoms with Gasteiger partial charge in [-0.1, -0.05) is 48.5 Å². The van der Waals surface area contributed by atoms with E-state index in [1.54, 1.807) is 4.68 Å². The van der Waals surface area contributed by atoms with Crippen LogP contribution < -0.4 is 10.1 Å². The zero-order valence-electron chi connectivity index (χ0n) is 14.0. The Morgan fingerprint density at radius 3 is 2.31 bits per heavy atom. The fourth-order valence-corrected chi connectivity index (χ4v) is 2.58. The second-order valence-electron chi connectivity index (χ2n) is 5.61. The lowest BCUT2D eigenvalue weighted by atomic mass is 10.2. The molecule has 0 saturated carbocycles. The Bertz CT molecular complexity index is 970. The monoisotopic (exact) mass is 343 g/mol. The van der Waals surface area contributed by atoms with Crippen LogP contribution in [0.5, 0.6) is 11.5 Å². The van der Waals surface area contributed by atoms with Crippen LogP contribution in [0.2, 0.25) is 0 Å². The van der Waals surface area contributed by atoms with Gasteiger partial charge in [-0.15, -0.1) is 5.10 Å². The molecule has 1 heterocycles. The number of nitrogens with one attached hydrogen (secondary N) is 1. The summed E-state index contributed by atoms with van der Waals surface area (Å²) in [7, 11) is 0. The molecule has 0 unspecified atom stereocenters. The first-order chi connectivity index (χ1) is 12.9. The molecule has 1 aromatic heterocycles. The maximum absolute atomic E-state index is 5.97. The highest BCUT2D eigenvalue weighted by molar-refractivity contribution is 5.57. The normalized spacial score (nSPS) is 10.5. The quantitative estimate of drug-likeness (QED) is 0.572. The largest absolute Gasteiger partial charge is 0.455 e. The zero-order valence-corrected chi connectivity index (χ0v) is 14.0. The van der Waals surface area contributed by atoms with Gasteiger partial charge in [0, 0.05) is 0 Å². The number of hydrogen-bond acceptors (Lipinski definition) is 5. The summed E-state index contributed by atoms with van der Waals surface area (Å²) in [4.78, 5) is 0. The summed E-state index contributed by atoms with van der Waals surface area (Å²) in [5.74, 6) is 2.25. The summed E-state index contributed by atoms with van der Waals surface area (Å²) >= 11 is 0. The van der Waals surface area contributed by atoms with Crippen LogP contribution in [0.15, 0.2) is 84.9 Å². The molecule has 0 atom stereocenters. The molecule has 0 aliphatic rings. The first kappa shape index (κ1) is 15.8. The number of anilines is 1. The molecule has 1 N–H and O–H groups in total. The Morgan fingerprint density at radius 2 is 1.50 bits per heavy atom. The number of aromatic nitrogens is 4. The molecule has 3 aromatic carbocycles. The molecule has 0 bridgehead atoms. The number of benzene rings is 3. The van der Waals surface area contributed by atoms with E-state index in [0.717, 1.165) is 22.9 Å². The van der Waals surface area contributed by atoms with Crippen LogP contribution in [0.3, 0.4) is 0 Å². The summed E-state index contributed by atoms with van der Waals surface area (Å²) in [5, 5.41) is 15.3. The lowest BCUT2D eigenvalue weighted by Crippen LogP contribution is -2.09. The van der Waals surface area contributed by atoms with E-state index in [9.17, 15) is 0 Å². The average Bonchev–Trinajstić information content (AvgIpc) is 3.17. The average molecular weight is 343 g/mol. The molecule has 0 amide bonds. The van der Waals surface area contributed by atoms with E-state index in [1.165, 1.54) is 0 Å². The van der Waals surface area contributed by atoms with Crippen molar-refractivity contribution < 1.29 is 4.74 Å². The predicted octanol–water partition coefficient (Wildman–Crippen LogP) is 4.07. The van der Waals surface area contributed by atoms with Gasteiger partial charge in [0.15, 0.2) is 11.6 Å². The SMILES string of the molecule is c1ccc(Oc2ccccc2NCc2nnnn2-c2ccccc2)cc1. The van der Waals surface area contributed by atoms with E-state index in [1.807, 2.05) is 84.9 Å². The third kappa shape index (κ3) is 3.54. The van der Waals surface area contributed by atoms with Gasteiger partial charge in [-0.05, 0) is 46.8 Å². The molecule has 4 aromatic rings. The number of nitrogens with zero attached hydrogens (tertiary/aromatic N) is 4. The van der Waals surface area contributed by atoms with Crippen molar-refractivity contribution >= 4 is 5.69 Å². The lowest BCUT2D eigenvalue weighted by Gasteiger charge is -2.13. The second kappa shape index (κ2) is 7.48. The molecule has 0 aliphatic heterocycles. The highest BCUT2D eigenvalue weighted by Crippen LogP contribution is 2.29. The molecule has 128 valence electrons. The highest BCUT2D eigenvalue weighted by Gasteiger charge is 2.10. The van der Waals surface area contributed by atoms with Gasteiger partial charge >= 0.3 is 0 Å². The topological polar surface area (TPSA) is 64.9 Å². The van der Waals surface area contributed by atoms with Crippen molar-refractivity contribution in [1.82, 2.24) is 20.2 Å². The van der Waals surface area contributed by atoms with Gasteiger partial charge in [0.2, 0.25) is 0 Å². The van der Waals surface area contributed by atoms with E-state index in [2.05, 4.69) is 20.8 Å². The van der Waals surface area contributed by atoms with Gasteiger partial charge in [0.05, 0.1) is 17.9 Å². The third-order valence-electron chi connectivity index (χ3n) is 3.83. The summed E-state index contributed by atoms with van der Waals surface area (Å²) < 4.78 is 7.69. The maximum atomic E-state index is 5.97. The first-order valence-corrected chi connectivity index (χ1v) is 8.28. The lowest BCUT2D eigenvalue weighted by molar-refractivity contribution is 0.484. The minimum absolute atomic E-state index is 0.469. The molecule has 0 radical (unpaired) electrons. The van der Waals surface area contributed by atoms with Crippen LogP contribution in [-0.2, 0) is 6.54 Å². The molecule has 4 rings (SSSR count). The van der Waals surface area contributed by atoms with E-state index in [0.29, 0.717) is 12.4 Å². The van der Waals surface area contributed by atoms with Crippen molar-refractivity contribution in [1.29, 1.82) is 0 Å². The van der Waals surface area contributed by atoms with Gasteiger partial charge in [0.1, 0.15) is 5.75 Å². The summed E-state index contributed by atoms with van der Waals surface area (Å²) in [6.45, 7) is 0.469. The maximum Gasteiger partial charge on any atom is 0.175 e. The van der Waals surface area contributed by atoms with Crippen molar-refractivity contribution in [2.75, 3.05) is 5.32 Å². The smallest absolute Gasteiger partial charge is 0.175 e. The van der Waals surface area contributed by atoms with Gasteiger partial charge in [-0.25, -0.2) is 0 Å². The number of ether oxygens (including phenoxy) is 1. The molecule has 0 saturated heterocycles. The van der Waals surface area contributed by atoms with Crippen molar-refractivity contribution in [3.8, 4) is 17.2 Å². The van der Waals surface area contributed by atoms with Crippen LogP contribution in [0.4, 0.5) is 5.69 Å². The number of tetrazole rings is 1. The molecule has 26 heavy (non-hydrogen) atoms. The van der Waals surface area contributed by atoms with Gasteiger partial charge in [0.25, 0.3) is 0 Å². The van der Waals surface area contributed by atoms with Crippen molar-refractivity contribution in [3.05, 3.63) is 90.8 Å². The van der Waals surface area contributed by atoms with E-state index < -0.39 is 0 Å². The molecular weight excluding hydrogens is 326 g/mol. The minimum Gasteiger partial charge on any atom is -0.455 e. The van der Waals surface area contributed by atoms with Crippen LogP contribution >= 0.6 is 0 Å². The summed E-state index contributed by atoms with van der Waals surface area (Å²) in [6, 6.07) is 27.3. The molecule has 0 aliphatic carbocycles. The molecule has 0 spiro atoms.